The smallest absolute Gasteiger partial charge is 0.0598 e. The maximum absolute atomic E-state index is 6.38. The molecule has 0 spiro atoms. The number of nitrogens with zero attached hydrogens (tertiary/aromatic N) is 1. The van der Waals surface area contributed by atoms with Crippen molar-refractivity contribution >= 4 is 11.6 Å². The molecule has 2 heterocycles. The van der Waals surface area contributed by atoms with Crippen molar-refractivity contribution in [1.82, 2.24) is 10.2 Å². The number of hydrogen-bond donors (Lipinski definition) is 1. The number of piperidine rings is 2. The molecule has 2 aliphatic rings. The van der Waals surface area contributed by atoms with Crippen LogP contribution < -0.4 is 5.32 Å². The first-order chi connectivity index (χ1) is 5.20. The molecule has 2 fully saturated rings. The first-order valence-corrected chi connectivity index (χ1v) is 4.67. The number of likely N-dealkylation sites (tertiary alicyclic amines) is 1. The van der Waals surface area contributed by atoms with Crippen molar-refractivity contribution in [1.29, 1.82) is 0 Å². The Bertz CT molecular complexity index is 162. The highest BCUT2D eigenvalue weighted by molar-refractivity contribution is 6.24. The Morgan fingerprint density at radius 3 is 3.18 bits per heavy atom. The van der Waals surface area contributed by atoms with Gasteiger partial charge in [0.05, 0.1) is 4.87 Å². The molecule has 0 aromatic rings. The van der Waals surface area contributed by atoms with Crippen LogP contribution in [0.15, 0.2) is 0 Å². The molecule has 0 aliphatic carbocycles. The van der Waals surface area contributed by atoms with Crippen molar-refractivity contribution in [3.63, 3.8) is 0 Å². The van der Waals surface area contributed by atoms with E-state index in [1.54, 1.807) is 0 Å². The second-order valence-electron chi connectivity index (χ2n) is 3.87. The third kappa shape index (κ3) is 1.40. The molecule has 0 aromatic heterocycles. The summed E-state index contributed by atoms with van der Waals surface area (Å²) in [5, 5.41) is 3.38. The van der Waals surface area contributed by atoms with E-state index in [0.29, 0.717) is 6.04 Å². The molecule has 2 nitrogen and oxygen atoms in total. The van der Waals surface area contributed by atoms with Gasteiger partial charge in [-0.2, -0.15) is 0 Å². The largest absolute Gasteiger partial charge is 0.313 e. The van der Waals surface area contributed by atoms with Crippen LogP contribution in [0.1, 0.15) is 12.8 Å². The maximum atomic E-state index is 6.38. The Morgan fingerprint density at radius 1 is 1.64 bits per heavy atom. The number of alkyl halides is 1. The van der Waals surface area contributed by atoms with Crippen LogP contribution in [0.3, 0.4) is 0 Å². The lowest BCUT2D eigenvalue weighted by atomic mass is 9.87. The van der Waals surface area contributed by atoms with E-state index >= 15 is 0 Å². The van der Waals surface area contributed by atoms with E-state index in [1.807, 2.05) is 0 Å². The van der Waals surface area contributed by atoms with Gasteiger partial charge in [0.2, 0.25) is 0 Å². The predicted octanol–water partition coefficient (Wildman–Crippen LogP) is 0.661. The number of hydrogen-bond acceptors (Lipinski definition) is 2. The molecule has 64 valence electrons. The quantitative estimate of drug-likeness (QED) is 0.543. The van der Waals surface area contributed by atoms with Crippen LogP contribution in [0.5, 0.6) is 0 Å². The monoisotopic (exact) mass is 174 g/mol. The van der Waals surface area contributed by atoms with Crippen molar-refractivity contribution in [2.75, 3.05) is 26.7 Å². The Kier molecular flexibility index (Phi) is 1.86. The predicted molar refractivity (Wildman–Crippen MR) is 47.1 cm³/mol. The topological polar surface area (TPSA) is 15.3 Å². The summed E-state index contributed by atoms with van der Waals surface area (Å²) in [5.74, 6) is 0. The number of nitrogens with one attached hydrogen (secondary N) is 1. The summed E-state index contributed by atoms with van der Waals surface area (Å²) in [7, 11) is 2.19. The Labute approximate surface area is 72.9 Å². The average molecular weight is 175 g/mol. The van der Waals surface area contributed by atoms with E-state index in [0.717, 1.165) is 32.5 Å². The Morgan fingerprint density at radius 2 is 2.45 bits per heavy atom. The SMILES string of the molecule is CN1CCC2(Cl)CNCC1C2. The fourth-order valence-corrected chi connectivity index (χ4v) is 2.45. The molecule has 2 bridgehead atoms. The van der Waals surface area contributed by atoms with Crippen LogP contribution in [0.25, 0.3) is 0 Å². The number of fused-ring (bicyclic) bond motifs is 2. The minimum absolute atomic E-state index is 0.0788. The van der Waals surface area contributed by atoms with Crippen molar-refractivity contribution in [2.45, 2.75) is 23.8 Å². The van der Waals surface area contributed by atoms with Gasteiger partial charge in [0.25, 0.3) is 0 Å². The molecule has 2 aliphatic heterocycles. The second kappa shape index (κ2) is 2.61. The van der Waals surface area contributed by atoms with Crippen molar-refractivity contribution in [2.24, 2.45) is 0 Å². The van der Waals surface area contributed by atoms with Crippen LogP contribution in [0.2, 0.25) is 0 Å². The van der Waals surface area contributed by atoms with E-state index in [-0.39, 0.29) is 4.87 Å². The van der Waals surface area contributed by atoms with E-state index in [1.165, 1.54) is 0 Å². The molecule has 3 heteroatoms. The minimum Gasteiger partial charge on any atom is -0.313 e. The van der Waals surface area contributed by atoms with Gasteiger partial charge in [-0.25, -0.2) is 0 Å². The lowest BCUT2D eigenvalue weighted by molar-refractivity contribution is 0.123. The van der Waals surface area contributed by atoms with Crippen molar-refractivity contribution < 1.29 is 0 Å². The van der Waals surface area contributed by atoms with E-state index in [9.17, 15) is 0 Å². The summed E-state index contributed by atoms with van der Waals surface area (Å²) in [4.78, 5) is 2.49. The summed E-state index contributed by atoms with van der Waals surface area (Å²) >= 11 is 6.38. The molecule has 0 radical (unpaired) electrons. The number of halogens is 1. The highest BCUT2D eigenvalue weighted by atomic mass is 35.5. The van der Waals surface area contributed by atoms with E-state index in [2.05, 4.69) is 17.3 Å². The third-order valence-electron chi connectivity index (χ3n) is 2.96. The van der Waals surface area contributed by atoms with Gasteiger partial charge in [-0.15, -0.1) is 11.6 Å². The molecule has 0 amide bonds. The molecule has 0 saturated carbocycles. The van der Waals surface area contributed by atoms with Crippen molar-refractivity contribution in [3.8, 4) is 0 Å². The van der Waals surface area contributed by atoms with Gasteiger partial charge in [0.1, 0.15) is 0 Å². The van der Waals surface area contributed by atoms with Gasteiger partial charge in [-0.05, 0) is 26.4 Å². The molecular weight excluding hydrogens is 160 g/mol. The standard InChI is InChI=1S/C8H15ClN2/c1-11-3-2-8(9)4-7(11)5-10-6-8/h7,10H,2-6H2,1H3. The Hall–Kier alpha value is 0.210. The molecular formula is C8H15ClN2. The molecule has 0 aromatic carbocycles. The van der Waals surface area contributed by atoms with Crippen LogP contribution in [0, 0.1) is 0 Å². The molecule has 2 rings (SSSR count). The lowest BCUT2D eigenvalue weighted by Gasteiger charge is -2.46. The highest BCUT2D eigenvalue weighted by Gasteiger charge is 2.39. The number of likely N-dealkylation sites (N-methyl/N-ethyl adjacent to an activating group) is 1. The highest BCUT2D eigenvalue weighted by Crippen LogP contribution is 2.33. The van der Waals surface area contributed by atoms with Crippen LogP contribution >= 0.6 is 11.6 Å². The normalized spacial score (nSPS) is 45.8. The first kappa shape index (κ1) is 7.84. The average Bonchev–Trinajstić information content (AvgIpc) is 1.99. The zero-order chi connectivity index (χ0) is 7.90. The molecule has 2 atom stereocenters. The maximum Gasteiger partial charge on any atom is 0.0598 e. The summed E-state index contributed by atoms with van der Waals surface area (Å²) in [5.41, 5.74) is 0. The fourth-order valence-electron chi connectivity index (χ4n) is 2.09. The third-order valence-corrected chi connectivity index (χ3v) is 3.44. The summed E-state index contributed by atoms with van der Waals surface area (Å²) in [6.45, 7) is 3.28. The van der Waals surface area contributed by atoms with Gasteiger partial charge in [-0.1, -0.05) is 0 Å². The van der Waals surface area contributed by atoms with Crippen LogP contribution in [-0.4, -0.2) is 42.5 Å². The van der Waals surface area contributed by atoms with Gasteiger partial charge < -0.3 is 10.2 Å². The van der Waals surface area contributed by atoms with Gasteiger partial charge in [0, 0.05) is 19.1 Å². The van der Waals surface area contributed by atoms with Gasteiger partial charge >= 0.3 is 0 Å². The second-order valence-corrected chi connectivity index (χ2v) is 4.67. The summed E-state index contributed by atoms with van der Waals surface area (Å²) in [6.07, 6.45) is 2.30. The lowest BCUT2D eigenvalue weighted by Crippen LogP contribution is -2.58. The first-order valence-electron chi connectivity index (χ1n) is 4.29. The summed E-state index contributed by atoms with van der Waals surface area (Å²) in [6, 6.07) is 0.676. The Balaban J connectivity index is 2.09. The zero-order valence-electron chi connectivity index (χ0n) is 6.94. The van der Waals surface area contributed by atoms with Crippen molar-refractivity contribution in [3.05, 3.63) is 0 Å². The summed E-state index contributed by atoms with van der Waals surface area (Å²) < 4.78 is 0. The van der Waals surface area contributed by atoms with Gasteiger partial charge in [-0.3, -0.25) is 0 Å². The van der Waals surface area contributed by atoms with Crippen LogP contribution in [0.4, 0.5) is 0 Å². The van der Waals surface area contributed by atoms with Crippen LogP contribution in [-0.2, 0) is 0 Å². The molecule has 2 saturated heterocycles. The fraction of sp³-hybridized carbons (Fsp3) is 1.00. The minimum atomic E-state index is 0.0788. The van der Waals surface area contributed by atoms with E-state index < -0.39 is 0 Å². The molecule has 2 unspecified atom stereocenters. The zero-order valence-corrected chi connectivity index (χ0v) is 7.69. The van der Waals surface area contributed by atoms with E-state index in [4.69, 9.17) is 11.6 Å². The van der Waals surface area contributed by atoms with Gasteiger partial charge in [0.15, 0.2) is 0 Å². The molecule has 1 N–H and O–H groups in total. The molecule has 11 heavy (non-hydrogen) atoms. The number of rotatable bonds is 0.